The zero-order valence-electron chi connectivity index (χ0n) is 17.5. The summed E-state index contributed by atoms with van der Waals surface area (Å²) >= 11 is 6.06. The van der Waals surface area contributed by atoms with Crippen molar-refractivity contribution in [2.75, 3.05) is 0 Å². The largest absolute Gasteiger partial charge is 0.494 e. The summed E-state index contributed by atoms with van der Waals surface area (Å²) in [6.07, 6.45) is 1.33. The van der Waals surface area contributed by atoms with Crippen LogP contribution in [-0.2, 0) is 0 Å². The van der Waals surface area contributed by atoms with Gasteiger partial charge in [-0.3, -0.25) is 9.59 Å². The van der Waals surface area contributed by atoms with Crippen molar-refractivity contribution in [3.63, 3.8) is 0 Å². The topological polar surface area (TPSA) is 83.7 Å². The molecule has 0 radical (unpaired) electrons. The Morgan fingerprint density at radius 3 is 2.44 bits per heavy atom. The third kappa shape index (κ3) is 3.88. The van der Waals surface area contributed by atoms with E-state index in [4.69, 9.17) is 11.6 Å². The number of carbonyl (C=O) groups excluding carboxylic acids is 1. The normalized spacial score (nSPS) is 11.2. The van der Waals surface area contributed by atoms with E-state index < -0.39 is 5.91 Å². The number of rotatable bonds is 4. The number of benzene rings is 3. The highest BCUT2D eigenvalue weighted by Crippen LogP contribution is 2.27. The van der Waals surface area contributed by atoms with E-state index in [9.17, 15) is 14.7 Å². The van der Waals surface area contributed by atoms with Gasteiger partial charge in [-0.2, -0.15) is 5.10 Å². The molecule has 0 unspecified atom stereocenters. The summed E-state index contributed by atoms with van der Waals surface area (Å²) in [5.41, 5.74) is 5.11. The lowest BCUT2D eigenvalue weighted by Gasteiger charge is -2.16. The molecule has 0 aliphatic carbocycles. The zero-order valence-corrected chi connectivity index (χ0v) is 18.2. The Morgan fingerprint density at radius 2 is 1.72 bits per heavy atom. The van der Waals surface area contributed by atoms with Crippen LogP contribution < -0.4 is 11.0 Å². The van der Waals surface area contributed by atoms with Gasteiger partial charge < -0.3 is 5.11 Å². The minimum Gasteiger partial charge on any atom is -0.494 e. The van der Waals surface area contributed by atoms with Crippen molar-refractivity contribution in [1.29, 1.82) is 0 Å². The summed E-state index contributed by atoms with van der Waals surface area (Å²) < 4.78 is 1.26. The van der Waals surface area contributed by atoms with Crippen LogP contribution in [0.1, 0.15) is 27.0 Å². The quantitative estimate of drug-likeness (QED) is 0.352. The van der Waals surface area contributed by atoms with Crippen LogP contribution in [0.4, 0.5) is 0 Å². The lowest BCUT2D eigenvalue weighted by atomic mass is 10.1. The van der Waals surface area contributed by atoms with Crippen LogP contribution in [0.5, 0.6) is 5.88 Å². The molecule has 0 saturated heterocycles. The molecule has 160 valence electrons. The number of hydrogen-bond acceptors (Lipinski definition) is 4. The van der Waals surface area contributed by atoms with Gasteiger partial charge in [-0.05, 0) is 43.7 Å². The van der Waals surface area contributed by atoms with Gasteiger partial charge in [0.1, 0.15) is 0 Å². The first-order valence-electron chi connectivity index (χ1n) is 9.90. The molecule has 7 heteroatoms. The summed E-state index contributed by atoms with van der Waals surface area (Å²) in [5.74, 6) is -0.755. The average molecular weight is 446 g/mol. The second kappa shape index (κ2) is 8.69. The van der Waals surface area contributed by atoms with Gasteiger partial charge in [0.2, 0.25) is 5.88 Å². The van der Waals surface area contributed by atoms with Crippen molar-refractivity contribution in [2.24, 2.45) is 5.10 Å². The molecular weight excluding hydrogens is 426 g/mol. The minimum atomic E-state index is -0.488. The number of hydrogen-bond donors (Lipinski definition) is 2. The first-order valence-corrected chi connectivity index (χ1v) is 10.3. The van der Waals surface area contributed by atoms with E-state index in [0.29, 0.717) is 27.0 Å². The van der Waals surface area contributed by atoms with Crippen LogP contribution in [-0.4, -0.2) is 21.8 Å². The van der Waals surface area contributed by atoms with Gasteiger partial charge in [0.05, 0.1) is 28.1 Å². The van der Waals surface area contributed by atoms with Gasteiger partial charge >= 0.3 is 0 Å². The van der Waals surface area contributed by atoms with Crippen LogP contribution in [0.3, 0.4) is 0 Å². The van der Waals surface area contributed by atoms with E-state index in [2.05, 4.69) is 10.5 Å². The molecule has 0 fully saturated rings. The van der Waals surface area contributed by atoms with Gasteiger partial charge in [-0.15, -0.1) is 0 Å². The van der Waals surface area contributed by atoms with Gasteiger partial charge in [-0.25, -0.2) is 9.99 Å². The van der Waals surface area contributed by atoms with Crippen LogP contribution in [0.15, 0.2) is 76.6 Å². The fourth-order valence-corrected chi connectivity index (χ4v) is 3.85. The molecule has 0 bridgehead atoms. The van der Waals surface area contributed by atoms with E-state index >= 15 is 0 Å². The number of fused-ring (bicyclic) bond motifs is 1. The van der Waals surface area contributed by atoms with Gasteiger partial charge in [0.25, 0.3) is 11.5 Å². The molecule has 4 rings (SSSR count). The minimum absolute atomic E-state index is 0.267. The van der Waals surface area contributed by atoms with Crippen molar-refractivity contribution in [2.45, 2.75) is 13.8 Å². The van der Waals surface area contributed by atoms with Crippen molar-refractivity contribution in [3.05, 3.63) is 104 Å². The Balaban J connectivity index is 1.82. The fraction of sp³-hybridized carbons (Fsp3) is 0.0800. The average Bonchev–Trinajstić information content (AvgIpc) is 2.77. The third-order valence-electron chi connectivity index (χ3n) is 5.17. The number of aromatic hydroxyl groups is 1. The van der Waals surface area contributed by atoms with E-state index in [-0.39, 0.29) is 17.0 Å². The summed E-state index contributed by atoms with van der Waals surface area (Å²) in [7, 11) is 0. The molecule has 1 heterocycles. The molecule has 1 amide bonds. The molecule has 0 atom stereocenters. The highest BCUT2D eigenvalue weighted by molar-refractivity contribution is 6.33. The maximum Gasteiger partial charge on any atom is 0.272 e. The molecule has 32 heavy (non-hydrogen) atoms. The number of pyridine rings is 1. The van der Waals surface area contributed by atoms with Crippen molar-refractivity contribution >= 4 is 34.5 Å². The number of carbonyl (C=O) groups is 1. The van der Waals surface area contributed by atoms with Crippen LogP contribution in [0.2, 0.25) is 5.02 Å². The fourth-order valence-electron chi connectivity index (χ4n) is 3.63. The predicted molar refractivity (Wildman–Crippen MR) is 127 cm³/mol. The summed E-state index contributed by atoms with van der Waals surface area (Å²) in [4.78, 5) is 25.6. The van der Waals surface area contributed by atoms with Crippen molar-refractivity contribution in [3.8, 4) is 11.6 Å². The standard InChI is InChI=1S/C25H20ClN3O3/c1-15-11-12-22(16(2)13-15)29-24(31)18-8-4-3-7-17(18)20(25(29)32)14-27-28-23(30)19-9-5-6-10-21(19)26/h3-14,32H,1-2H3,(H,28,30)/b27-14-. The van der Waals surface area contributed by atoms with Crippen LogP contribution in [0.25, 0.3) is 16.5 Å². The molecule has 0 spiro atoms. The molecular formula is C25H20ClN3O3. The smallest absolute Gasteiger partial charge is 0.272 e. The predicted octanol–water partition coefficient (Wildman–Crippen LogP) is 4.73. The highest BCUT2D eigenvalue weighted by Gasteiger charge is 2.17. The molecule has 0 saturated carbocycles. The first kappa shape index (κ1) is 21.3. The highest BCUT2D eigenvalue weighted by atomic mass is 35.5. The summed E-state index contributed by atoms with van der Waals surface area (Å²) in [6, 6.07) is 19.2. The molecule has 6 nitrogen and oxygen atoms in total. The Morgan fingerprint density at radius 1 is 1.03 bits per heavy atom. The Hall–Kier alpha value is -3.90. The number of aryl methyl sites for hydroxylation is 2. The second-order valence-electron chi connectivity index (χ2n) is 7.39. The number of nitrogens with one attached hydrogen (secondary N) is 1. The van der Waals surface area contributed by atoms with E-state index in [1.807, 2.05) is 26.0 Å². The Bertz CT molecular complexity index is 1440. The summed E-state index contributed by atoms with van der Waals surface area (Å²) in [5, 5.41) is 16.3. The molecule has 3 aromatic carbocycles. The SMILES string of the molecule is Cc1ccc(-n2c(O)c(/C=N\NC(=O)c3ccccc3Cl)c3ccccc3c2=O)c(C)c1. The number of halogens is 1. The lowest BCUT2D eigenvalue weighted by molar-refractivity contribution is 0.0955. The maximum absolute atomic E-state index is 13.2. The molecule has 0 aliphatic rings. The molecule has 0 aliphatic heterocycles. The third-order valence-corrected chi connectivity index (χ3v) is 5.50. The van der Waals surface area contributed by atoms with Crippen molar-refractivity contribution < 1.29 is 9.90 Å². The molecule has 4 aromatic rings. The van der Waals surface area contributed by atoms with E-state index in [1.165, 1.54) is 10.8 Å². The summed E-state index contributed by atoms with van der Waals surface area (Å²) in [6.45, 7) is 3.83. The van der Waals surface area contributed by atoms with Crippen molar-refractivity contribution in [1.82, 2.24) is 9.99 Å². The number of hydrazone groups is 1. The van der Waals surface area contributed by atoms with Gasteiger partial charge in [0, 0.05) is 10.8 Å². The van der Waals surface area contributed by atoms with Gasteiger partial charge in [-0.1, -0.05) is 59.6 Å². The number of nitrogens with zero attached hydrogens (tertiary/aromatic N) is 2. The number of aromatic nitrogens is 1. The van der Waals surface area contributed by atoms with Crippen LogP contribution in [0, 0.1) is 13.8 Å². The monoisotopic (exact) mass is 445 g/mol. The second-order valence-corrected chi connectivity index (χ2v) is 7.80. The van der Waals surface area contributed by atoms with E-state index in [1.54, 1.807) is 54.6 Å². The number of amides is 1. The molecule has 1 aromatic heterocycles. The maximum atomic E-state index is 13.2. The van der Waals surface area contributed by atoms with Crippen LogP contribution >= 0.6 is 11.6 Å². The lowest BCUT2D eigenvalue weighted by Crippen LogP contribution is -2.21. The Labute approximate surface area is 189 Å². The molecule has 2 N–H and O–H groups in total. The first-order chi connectivity index (χ1) is 15.4. The Kier molecular flexibility index (Phi) is 5.79. The van der Waals surface area contributed by atoms with Gasteiger partial charge in [0.15, 0.2) is 0 Å². The van der Waals surface area contributed by atoms with E-state index in [0.717, 1.165) is 11.1 Å². The zero-order chi connectivity index (χ0) is 22.8.